The van der Waals surface area contributed by atoms with Gasteiger partial charge in [0, 0.05) is 12.5 Å². The average molecular weight is 287 g/mol. The minimum Gasteiger partial charge on any atom is -0.469 e. The van der Waals surface area contributed by atoms with Crippen LogP contribution in [-0.4, -0.2) is 12.6 Å². The molecule has 21 heavy (non-hydrogen) atoms. The van der Waals surface area contributed by atoms with Gasteiger partial charge in [-0.05, 0) is 79.9 Å². The van der Waals surface area contributed by atoms with Gasteiger partial charge in [-0.1, -0.05) is 13.8 Å². The third kappa shape index (κ3) is 2.36. The molecule has 4 bridgehead atoms. The maximum atomic E-state index is 5.66. The summed E-state index contributed by atoms with van der Waals surface area (Å²) < 4.78 is 5.66. The largest absolute Gasteiger partial charge is 0.469 e. The Bertz CT molecular complexity index is 478. The zero-order valence-corrected chi connectivity index (χ0v) is 13.5. The number of likely N-dealkylation sites (N-methyl/N-ethyl adjacent to an activating group) is 1. The van der Waals surface area contributed by atoms with Gasteiger partial charge in [0.2, 0.25) is 0 Å². The second kappa shape index (κ2) is 4.87. The Morgan fingerprint density at radius 2 is 2.05 bits per heavy atom. The lowest BCUT2D eigenvalue weighted by Crippen LogP contribution is -2.59. The summed E-state index contributed by atoms with van der Waals surface area (Å²) in [6.45, 7) is 5.88. The van der Waals surface area contributed by atoms with E-state index in [1.807, 2.05) is 12.3 Å². The van der Waals surface area contributed by atoms with Crippen molar-refractivity contribution in [2.24, 2.45) is 22.7 Å². The van der Waals surface area contributed by atoms with Crippen LogP contribution in [0.5, 0.6) is 0 Å². The first kappa shape index (κ1) is 13.9. The predicted molar refractivity (Wildman–Crippen MR) is 85.1 cm³/mol. The van der Waals surface area contributed by atoms with Crippen LogP contribution in [0.25, 0.3) is 0 Å². The highest BCUT2D eigenvalue weighted by atomic mass is 16.3. The number of nitrogens with one attached hydrogen (secondary N) is 1. The summed E-state index contributed by atoms with van der Waals surface area (Å²) >= 11 is 0. The predicted octanol–water partition coefficient (Wildman–Crippen LogP) is 4.41. The third-order valence-electron chi connectivity index (χ3n) is 6.57. The summed E-state index contributed by atoms with van der Waals surface area (Å²) in [6.07, 6.45) is 11.7. The van der Waals surface area contributed by atoms with Gasteiger partial charge in [0.15, 0.2) is 0 Å². The number of rotatable bonds is 5. The lowest BCUT2D eigenvalue weighted by atomic mass is 9.43. The minimum absolute atomic E-state index is 0.529. The lowest BCUT2D eigenvalue weighted by Gasteiger charge is -2.63. The van der Waals surface area contributed by atoms with E-state index in [-0.39, 0.29) is 0 Å². The second-order valence-corrected chi connectivity index (χ2v) is 8.53. The first-order valence-corrected chi connectivity index (χ1v) is 8.87. The van der Waals surface area contributed by atoms with Crippen LogP contribution in [0.4, 0.5) is 0 Å². The first-order chi connectivity index (χ1) is 10.1. The number of hydrogen-bond acceptors (Lipinski definition) is 2. The maximum absolute atomic E-state index is 5.66. The van der Waals surface area contributed by atoms with E-state index in [4.69, 9.17) is 4.42 Å². The standard InChI is InChI=1S/C19H29NO/c1-3-20-17(8-16-5-4-6-21-16)19-11-14-7-15(12-19)10-18(2,9-14)13-19/h4-6,14-15,17,20H,3,7-13H2,1-2H3. The molecule has 0 spiro atoms. The van der Waals surface area contributed by atoms with Gasteiger partial charge in [-0.3, -0.25) is 0 Å². The van der Waals surface area contributed by atoms with Crippen molar-refractivity contribution in [3.05, 3.63) is 24.2 Å². The average Bonchev–Trinajstić information content (AvgIpc) is 2.88. The molecular formula is C19H29NO. The van der Waals surface area contributed by atoms with Crippen LogP contribution in [0.3, 0.4) is 0 Å². The summed E-state index contributed by atoms with van der Waals surface area (Å²) in [5.41, 5.74) is 1.16. The van der Waals surface area contributed by atoms with Gasteiger partial charge in [0.25, 0.3) is 0 Å². The van der Waals surface area contributed by atoms with Crippen molar-refractivity contribution in [1.82, 2.24) is 5.32 Å². The molecule has 1 aromatic heterocycles. The van der Waals surface area contributed by atoms with Crippen LogP contribution in [0.1, 0.15) is 58.1 Å². The summed E-state index contributed by atoms with van der Waals surface area (Å²) in [5.74, 6) is 3.14. The molecule has 5 rings (SSSR count). The van der Waals surface area contributed by atoms with E-state index < -0.39 is 0 Å². The molecule has 2 nitrogen and oxygen atoms in total. The Hall–Kier alpha value is -0.760. The van der Waals surface area contributed by atoms with E-state index in [1.54, 1.807) is 0 Å². The first-order valence-electron chi connectivity index (χ1n) is 8.87. The summed E-state index contributed by atoms with van der Waals surface area (Å²) in [7, 11) is 0. The van der Waals surface area contributed by atoms with E-state index in [0.717, 1.165) is 30.6 Å². The third-order valence-corrected chi connectivity index (χ3v) is 6.57. The van der Waals surface area contributed by atoms with Crippen molar-refractivity contribution in [2.45, 2.75) is 64.8 Å². The molecule has 0 aliphatic heterocycles. The van der Waals surface area contributed by atoms with Crippen molar-refractivity contribution in [1.29, 1.82) is 0 Å². The van der Waals surface area contributed by atoms with E-state index in [0.29, 0.717) is 16.9 Å². The van der Waals surface area contributed by atoms with Crippen molar-refractivity contribution < 1.29 is 4.42 Å². The van der Waals surface area contributed by atoms with Crippen LogP contribution in [0.15, 0.2) is 22.8 Å². The van der Waals surface area contributed by atoms with E-state index >= 15 is 0 Å². The van der Waals surface area contributed by atoms with Crippen LogP contribution in [-0.2, 0) is 6.42 Å². The van der Waals surface area contributed by atoms with Gasteiger partial charge in [-0.25, -0.2) is 0 Å². The zero-order valence-electron chi connectivity index (χ0n) is 13.5. The number of hydrogen-bond donors (Lipinski definition) is 1. The molecule has 4 saturated carbocycles. The second-order valence-electron chi connectivity index (χ2n) is 8.53. The molecule has 1 aromatic rings. The molecular weight excluding hydrogens is 258 g/mol. The van der Waals surface area contributed by atoms with Crippen LogP contribution in [0.2, 0.25) is 0 Å². The fourth-order valence-corrected chi connectivity index (χ4v) is 6.59. The summed E-state index contributed by atoms with van der Waals surface area (Å²) in [4.78, 5) is 0. The molecule has 116 valence electrons. The Morgan fingerprint density at radius 1 is 1.29 bits per heavy atom. The van der Waals surface area contributed by atoms with Crippen molar-refractivity contribution in [2.75, 3.05) is 6.54 Å². The van der Waals surface area contributed by atoms with Crippen molar-refractivity contribution >= 4 is 0 Å². The fourth-order valence-electron chi connectivity index (χ4n) is 6.59. The van der Waals surface area contributed by atoms with E-state index in [1.165, 1.54) is 38.5 Å². The Kier molecular flexibility index (Phi) is 3.22. The molecule has 3 unspecified atom stereocenters. The van der Waals surface area contributed by atoms with Gasteiger partial charge in [-0.2, -0.15) is 0 Å². The Balaban J connectivity index is 1.62. The number of furan rings is 1. The van der Waals surface area contributed by atoms with Gasteiger partial charge in [0.05, 0.1) is 6.26 Å². The molecule has 0 saturated heterocycles. The summed E-state index contributed by atoms with van der Waals surface area (Å²) in [6, 6.07) is 4.77. The maximum Gasteiger partial charge on any atom is 0.105 e. The smallest absolute Gasteiger partial charge is 0.105 e. The molecule has 0 radical (unpaired) electrons. The molecule has 3 atom stereocenters. The highest BCUT2D eigenvalue weighted by Crippen LogP contribution is 2.66. The quantitative estimate of drug-likeness (QED) is 0.868. The van der Waals surface area contributed by atoms with E-state index in [2.05, 4.69) is 25.2 Å². The molecule has 1 heterocycles. The van der Waals surface area contributed by atoms with Crippen LogP contribution < -0.4 is 5.32 Å². The Morgan fingerprint density at radius 3 is 2.62 bits per heavy atom. The highest BCUT2D eigenvalue weighted by Gasteiger charge is 2.58. The fraction of sp³-hybridized carbons (Fsp3) is 0.789. The molecule has 0 aromatic carbocycles. The molecule has 4 aliphatic carbocycles. The monoisotopic (exact) mass is 287 g/mol. The molecule has 4 aliphatic rings. The van der Waals surface area contributed by atoms with E-state index in [9.17, 15) is 0 Å². The normalized spacial score (nSPS) is 42.4. The topological polar surface area (TPSA) is 25.2 Å². The highest BCUT2D eigenvalue weighted by molar-refractivity contribution is 5.12. The van der Waals surface area contributed by atoms with Gasteiger partial charge < -0.3 is 9.73 Å². The van der Waals surface area contributed by atoms with Crippen molar-refractivity contribution in [3.8, 4) is 0 Å². The van der Waals surface area contributed by atoms with Gasteiger partial charge >= 0.3 is 0 Å². The van der Waals surface area contributed by atoms with Gasteiger partial charge in [0.1, 0.15) is 5.76 Å². The lowest BCUT2D eigenvalue weighted by molar-refractivity contribution is -0.118. The molecule has 1 N–H and O–H groups in total. The SMILES string of the molecule is CCNC(Cc1ccco1)C12CC3CC(CC(C)(C3)C1)C2. The van der Waals surface area contributed by atoms with Gasteiger partial charge in [-0.15, -0.1) is 0 Å². The molecule has 2 heteroatoms. The molecule has 4 fully saturated rings. The van der Waals surface area contributed by atoms with Crippen LogP contribution >= 0.6 is 0 Å². The summed E-state index contributed by atoms with van der Waals surface area (Å²) in [5, 5.41) is 3.84. The zero-order chi connectivity index (χ0) is 14.5. The van der Waals surface area contributed by atoms with Crippen molar-refractivity contribution in [3.63, 3.8) is 0 Å². The minimum atomic E-state index is 0.529. The Labute approximate surface area is 128 Å². The van der Waals surface area contributed by atoms with Crippen LogP contribution in [0, 0.1) is 22.7 Å². The molecule has 0 amide bonds.